The number of amides is 9. The first-order valence-corrected chi connectivity index (χ1v) is 28.6. The molecule has 0 aliphatic carbocycles. The van der Waals surface area contributed by atoms with Crippen molar-refractivity contribution in [2.75, 3.05) is 24.3 Å². The average Bonchev–Trinajstić information content (AvgIpc) is 3.94. The Balaban J connectivity index is 2.38. The van der Waals surface area contributed by atoms with E-state index in [1.807, 2.05) is 6.92 Å². The normalized spacial score (nSPS) is 17.8. The molecule has 1 aromatic rings. The molecular formula is C52H84N10O15S2. The number of rotatable bonds is 34. The second-order valence-corrected chi connectivity index (χ2v) is 21.9. The number of carboxylic acid groups (broad SMARTS) is 2. The van der Waals surface area contributed by atoms with Crippen LogP contribution in [0.3, 0.4) is 0 Å². The molecule has 0 saturated carbocycles. The number of aliphatic hydroxyl groups excluding tert-OH is 1. The lowest BCUT2D eigenvalue weighted by molar-refractivity contribution is -0.143. The number of thioether (sulfide) groups is 1. The first-order valence-electron chi connectivity index (χ1n) is 26.6. The summed E-state index contributed by atoms with van der Waals surface area (Å²) in [4.78, 5) is 148. The number of aliphatic hydroxyl groups is 1. The fraction of sp³-hybridized carbons (Fsp3) is 0.673. The molecule has 79 heavy (non-hydrogen) atoms. The number of thiol groups is 1. The number of benzene rings is 1. The highest BCUT2D eigenvalue weighted by Crippen LogP contribution is 2.16. The molecule has 0 radical (unpaired) electrons. The van der Waals surface area contributed by atoms with Gasteiger partial charge in [0.15, 0.2) is 0 Å². The van der Waals surface area contributed by atoms with E-state index in [4.69, 9.17) is 0 Å². The van der Waals surface area contributed by atoms with Crippen LogP contribution in [0.1, 0.15) is 106 Å². The molecule has 27 heteroatoms. The van der Waals surface area contributed by atoms with Crippen molar-refractivity contribution in [1.29, 1.82) is 0 Å². The first kappa shape index (κ1) is 68.9. The Bertz CT molecular complexity index is 2250. The lowest BCUT2D eigenvalue weighted by Crippen LogP contribution is -2.63. The molecule has 0 spiro atoms. The Morgan fingerprint density at radius 1 is 0.595 bits per heavy atom. The molecule has 14 N–H and O–H groups in total. The minimum absolute atomic E-state index is 0.0725. The summed E-state index contributed by atoms with van der Waals surface area (Å²) in [5.41, 5.74) is 0.449. The van der Waals surface area contributed by atoms with Crippen LogP contribution >= 0.6 is 24.4 Å². The van der Waals surface area contributed by atoms with Gasteiger partial charge in [0.2, 0.25) is 53.2 Å². The molecule has 1 aliphatic heterocycles. The highest BCUT2D eigenvalue weighted by Gasteiger charge is 2.39. The van der Waals surface area contributed by atoms with E-state index in [1.165, 1.54) is 56.8 Å². The van der Waals surface area contributed by atoms with Crippen LogP contribution in [0, 0.1) is 23.7 Å². The van der Waals surface area contributed by atoms with Crippen molar-refractivity contribution >= 4 is 89.5 Å². The van der Waals surface area contributed by atoms with Gasteiger partial charge in [0.1, 0.15) is 60.1 Å². The Morgan fingerprint density at radius 2 is 1.04 bits per heavy atom. The molecule has 444 valence electrons. The van der Waals surface area contributed by atoms with Gasteiger partial charge in [-0.05, 0) is 86.1 Å². The summed E-state index contributed by atoms with van der Waals surface area (Å²) < 4.78 is 0. The van der Waals surface area contributed by atoms with Gasteiger partial charge in [-0.15, -0.1) is 0 Å². The summed E-state index contributed by atoms with van der Waals surface area (Å²) in [5, 5.41) is 66.1. The Labute approximate surface area is 471 Å². The number of aromatic hydroxyl groups is 1. The van der Waals surface area contributed by atoms with E-state index in [-0.39, 0.29) is 42.6 Å². The van der Waals surface area contributed by atoms with E-state index in [0.717, 1.165) is 6.42 Å². The van der Waals surface area contributed by atoms with Gasteiger partial charge in [-0.3, -0.25) is 47.9 Å². The van der Waals surface area contributed by atoms with Crippen molar-refractivity contribution in [1.82, 2.24) is 53.2 Å². The zero-order valence-corrected chi connectivity index (χ0v) is 48.4. The molecule has 0 aromatic heterocycles. The maximum Gasteiger partial charge on any atom is 0.326 e. The summed E-state index contributed by atoms with van der Waals surface area (Å²) in [6.07, 6.45) is 1.13. The smallest absolute Gasteiger partial charge is 0.326 e. The molecule has 1 aliphatic rings. The highest BCUT2D eigenvalue weighted by molar-refractivity contribution is 7.98. The molecule has 1 aromatic carbocycles. The van der Waals surface area contributed by atoms with Crippen LogP contribution in [0.2, 0.25) is 0 Å². The maximum atomic E-state index is 14.2. The van der Waals surface area contributed by atoms with Crippen molar-refractivity contribution in [2.45, 2.75) is 174 Å². The highest BCUT2D eigenvalue weighted by atomic mass is 32.2. The number of phenolic OH excluding ortho intramolecular Hbond substituents is 1. The lowest BCUT2D eigenvalue weighted by atomic mass is 9.96. The predicted octanol–water partition coefficient (Wildman–Crippen LogP) is -0.923. The van der Waals surface area contributed by atoms with Gasteiger partial charge < -0.3 is 73.6 Å². The van der Waals surface area contributed by atoms with Crippen LogP contribution in [0.4, 0.5) is 0 Å². The van der Waals surface area contributed by atoms with Crippen molar-refractivity contribution in [3.8, 4) is 5.75 Å². The largest absolute Gasteiger partial charge is 0.508 e. The van der Waals surface area contributed by atoms with E-state index in [0.29, 0.717) is 30.7 Å². The lowest BCUT2D eigenvalue weighted by Gasteiger charge is -2.31. The van der Waals surface area contributed by atoms with E-state index in [9.17, 15) is 73.2 Å². The number of carbonyl (C=O) groups is 11. The fourth-order valence-corrected chi connectivity index (χ4v) is 8.97. The second kappa shape index (κ2) is 34.1. The first-order chi connectivity index (χ1) is 37.1. The zero-order chi connectivity index (χ0) is 59.8. The third kappa shape index (κ3) is 22.5. The molecule has 9 amide bonds. The minimum Gasteiger partial charge on any atom is -0.508 e. The van der Waals surface area contributed by atoms with Gasteiger partial charge in [-0.25, -0.2) is 4.79 Å². The summed E-state index contributed by atoms with van der Waals surface area (Å²) >= 11 is 5.59. The number of hydrogen-bond acceptors (Lipinski definition) is 16. The third-order valence-electron chi connectivity index (χ3n) is 13.6. The van der Waals surface area contributed by atoms with Crippen molar-refractivity contribution < 1.29 is 73.2 Å². The molecule has 1 fully saturated rings. The topological polar surface area (TPSA) is 389 Å². The zero-order valence-electron chi connectivity index (χ0n) is 46.7. The van der Waals surface area contributed by atoms with E-state index in [2.05, 4.69) is 65.8 Å². The molecule has 0 unspecified atom stereocenters. The number of aliphatic carboxylic acids is 2. The van der Waals surface area contributed by atoms with Crippen LogP contribution in [0.25, 0.3) is 0 Å². The Kier molecular flexibility index (Phi) is 29.7. The quantitative estimate of drug-likeness (QED) is 0.0371. The number of carboxylic acids is 2. The number of hydrogen-bond donors (Lipinski definition) is 15. The molecule has 1 heterocycles. The number of nitrogens with one attached hydrogen (secondary N) is 10. The van der Waals surface area contributed by atoms with Crippen LogP contribution < -0.4 is 53.2 Å². The van der Waals surface area contributed by atoms with Gasteiger partial charge in [0.25, 0.3) is 0 Å². The van der Waals surface area contributed by atoms with E-state index >= 15 is 0 Å². The van der Waals surface area contributed by atoms with Crippen molar-refractivity contribution in [3.63, 3.8) is 0 Å². The van der Waals surface area contributed by atoms with E-state index < -0.39 is 150 Å². The summed E-state index contributed by atoms with van der Waals surface area (Å²) in [6.45, 7) is 14.9. The van der Waals surface area contributed by atoms with Gasteiger partial charge in [0.05, 0.1) is 18.6 Å². The fourth-order valence-electron chi connectivity index (χ4n) is 8.24. The Hall–Kier alpha value is -6.19. The monoisotopic (exact) mass is 1150 g/mol. The third-order valence-corrected chi connectivity index (χ3v) is 14.6. The van der Waals surface area contributed by atoms with Crippen LogP contribution in [-0.2, 0) is 59.2 Å². The van der Waals surface area contributed by atoms with E-state index in [1.54, 1.807) is 40.9 Å². The summed E-state index contributed by atoms with van der Waals surface area (Å²) in [6, 6.07) is -7.81. The molecule has 25 nitrogen and oxygen atoms in total. The van der Waals surface area contributed by atoms with Crippen LogP contribution in [-0.4, -0.2) is 176 Å². The average molecular weight is 1150 g/mol. The predicted molar refractivity (Wildman–Crippen MR) is 297 cm³/mol. The molecule has 0 bridgehead atoms. The standard InChI is InChI=1S/C52H84N10O15S2/c1-11-27(7)40(60-43(67)32-14-13-20-53-32)50(74)57-36(24-78)47(71)62-42(29(9)63)51(75)61-41(28(8)12-2)49(73)56-35(23-37(65)66)46(70)58-38(25(3)4)48(72)55-34(22-30-15-17-31(64)18-16-30)45(69)54-33(19-21-79-10)44(68)59-39(26(5)6)52(76)77/h15-18,25-29,32-36,38-42,53,63-64,78H,11-14,19-24H2,1-10H3,(H,54,69)(H,55,72)(H,56,73)(H,57,74)(H,58,70)(H,59,68)(H,60,67)(H,61,75)(H,62,71)(H,65,66)(H,76,77)/t27-,28-,29+,32-,33-,34-,35-,36-,38-,39-,40-,41-,42-/m0/s1. The molecule has 2 rings (SSSR count). The Morgan fingerprint density at radius 3 is 1.52 bits per heavy atom. The summed E-state index contributed by atoms with van der Waals surface area (Å²) in [5.74, 6) is -13.0. The maximum absolute atomic E-state index is 14.2. The van der Waals surface area contributed by atoms with Crippen LogP contribution in [0.5, 0.6) is 5.75 Å². The van der Waals surface area contributed by atoms with Gasteiger partial charge in [0, 0.05) is 12.2 Å². The molecule has 1 saturated heterocycles. The van der Waals surface area contributed by atoms with Crippen molar-refractivity contribution in [2.24, 2.45) is 23.7 Å². The summed E-state index contributed by atoms with van der Waals surface area (Å²) in [7, 11) is 0. The van der Waals surface area contributed by atoms with Gasteiger partial charge in [-0.1, -0.05) is 80.4 Å². The minimum atomic E-state index is -1.87. The SMILES string of the molecule is CC[C@H](C)[C@H](NC(=O)[C@@H]1CCCN1)C(=O)N[C@@H](CS)C(=O)N[C@H](C(=O)N[C@H](C(=O)N[C@@H](CC(=O)O)C(=O)N[C@H](C(=O)N[C@@H](Cc1ccc(O)cc1)C(=O)N[C@@H](CCSC)C(=O)N[C@H](C(=O)O)C(C)C)C(C)C)[C@@H](C)CC)[C@@H](C)O. The van der Waals surface area contributed by atoms with Crippen molar-refractivity contribution in [3.05, 3.63) is 29.8 Å². The van der Waals surface area contributed by atoms with Gasteiger partial charge in [-0.2, -0.15) is 24.4 Å². The molecular weight excluding hydrogens is 1070 g/mol. The second-order valence-electron chi connectivity index (χ2n) is 20.6. The molecule has 13 atom stereocenters. The number of phenols is 1. The number of carbonyl (C=O) groups excluding carboxylic acids is 9. The van der Waals surface area contributed by atoms with Gasteiger partial charge >= 0.3 is 11.9 Å². The van der Waals surface area contributed by atoms with Crippen LogP contribution in [0.15, 0.2) is 24.3 Å².